The average molecular weight is 529 g/mol. The quantitative estimate of drug-likeness (QED) is 0.266. The third kappa shape index (κ3) is 7.37. The summed E-state index contributed by atoms with van der Waals surface area (Å²) in [5.41, 5.74) is 2.45. The summed E-state index contributed by atoms with van der Waals surface area (Å²) in [6, 6.07) is 32.2. The molecule has 4 aromatic rings. The number of carbonyl (C=O) groups is 2. The number of methoxy groups -OCH3 is 1. The number of amides is 2. The molecule has 1 atom stereocenters. The van der Waals surface area contributed by atoms with Crippen LogP contribution in [0.15, 0.2) is 109 Å². The smallest absolute Gasteiger partial charge is 0.261 e. The van der Waals surface area contributed by atoms with Crippen molar-refractivity contribution in [2.75, 3.05) is 13.7 Å². The van der Waals surface area contributed by atoms with Gasteiger partial charge in [0.15, 0.2) is 6.61 Å². The van der Waals surface area contributed by atoms with Crippen LogP contribution in [0.1, 0.15) is 22.7 Å². The molecule has 0 fully saturated rings. The van der Waals surface area contributed by atoms with E-state index >= 15 is 0 Å². The van der Waals surface area contributed by atoms with Gasteiger partial charge in [-0.05, 0) is 53.1 Å². The molecule has 0 unspecified atom stereocenters. The molecule has 4 aromatic carbocycles. The first-order valence-electron chi connectivity index (χ1n) is 12.2. The predicted octanol–water partition coefficient (Wildman–Crippen LogP) is 5.81. The third-order valence-corrected chi connectivity index (χ3v) is 6.25. The molecule has 4 rings (SSSR count). The minimum atomic E-state index is -0.878. The van der Waals surface area contributed by atoms with E-state index < -0.39 is 6.04 Å². The van der Waals surface area contributed by atoms with Gasteiger partial charge in [-0.2, -0.15) is 0 Å². The zero-order valence-corrected chi connectivity index (χ0v) is 21.8. The molecule has 0 bridgehead atoms. The second kappa shape index (κ2) is 13.3. The molecular weight excluding hydrogens is 500 g/mol. The van der Waals surface area contributed by atoms with Crippen LogP contribution in [0.5, 0.6) is 11.5 Å². The van der Waals surface area contributed by atoms with E-state index in [1.165, 1.54) is 0 Å². The summed E-state index contributed by atoms with van der Waals surface area (Å²) in [6.45, 7) is 0.284. The number of rotatable bonds is 11. The SMILES string of the molecule is COc1ccc(CNC(=O)[C@H](c2ccccc2)N(Cc2ccc(Cl)cc2)C(=O)COc2ccccc2)cc1. The second-order valence-electron chi connectivity index (χ2n) is 8.63. The van der Waals surface area contributed by atoms with E-state index in [0.717, 1.165) is 16.9 Å². The molecule has 0 saturated heterocycles. The van der Waals surface area contributed by atoms with Gasteiger partial charge in [0.1, 0.15) is 17.5 Å². The summed E-state index contributed by atoms with van der Waals surface area (Å²) >= 11 is 6.08. The van der Waals surface area contributed by atoms with Crippen LogP contribution in [0.4, 0.5) is 0 Å². The first-order valence-corrected chi connectivity index (χ1v) is 12.6. The minimum absolute atomic E-state index is 0.198. The van der Waals surface area contributed by atoms with Crippen LogP contribution in [-0.4, -0.2) is 30.4 Å². The van der Waals surface area contributed by atoms with Crippen molar-refractivity contribution in [2.24, 2.45) is 0 Å². The molecule has 6 nitrogen and oxygen atoms in total. The second-order valence-corrected chi connectivity index (χ2v) is 9.07. The van der Waals surface area contributed by atoms with Gasteiger partial charge < -0.3 is 19.7 Å². The Kier molecular flexibility index (Phi) is 9.37. The lowest BCUT2D eigenvalue weighted by Crippen LogP contribution is -2.45. The summed E-state index contributed by atoms with van der Waals surface area (Å²) in [7, 11) is 1.61. The summed E-state index contributed by atoms with van der Waals surface area (Å²) in [5, 5.41) is 3.60. The van der Waals surface area contributed by atoms with Crippen LogP contribution in [0.25, 0.3) is 0 Å². The van der Waals surface area contributed by atoms with E-state index in [1.807, 2.05) is 84.9 Å². The van der Waals surface area contributed by atoms with E-state index in [1.54, 1.807) is 36.3 Å². The Hall–Kier alpha value is -4.29. The van der Waals surface area contributed by atoms with Crippen LogP contribution in [-0.2, 0) is 22.7 Å². The molecule has 0 radical (unpaired) electrons. The van der Waals surface area contributed by atoms with Gasteiger partial charge in [0.25, 0.3) is 5.91 Å². The van der Waals surface area contributed by atoms with Crippen molar-refractivity contribution in [3.8, 4) is 11.5 Å². The highest BCUT2D eigenvalue weighted by molar-refractivity contribution is 6.30. The van der Waals surface area contributed by atoms with Crippen molar-refractivity contribution in [3.05, 3.63) is 131 Å². The number of ether oxygens (including phenoxy) is 2. The van der Waals surface area contributed by atoms with Crippen LogP contribution < -0.4 is 14.8 Å². The van der Waals surface area contributed by atoms with Crippen molar-refractivity contribution >= 4 is 23.4 Å². The van der Waals surface area contributed by atoms with Gasteiger partial charge in [0.05, 0.1) is 7.11 Å². The van der Waals surface area contributed by atoms with Gasteiger partial charge in [-0.1, -0.05) is 84.4 Å². The Morgan fingerprint density at radius 3 is 2.03 bits per heavy atom. The molecule has 0 aliphatic heterocycles. The number of halogens is 1. The number of nitrogens with zero attached hydrogens (tertiary/aromatic N) is 1. The molecule has 2 amide bonds. The lowest BCUT2D eigenvalue weighted by molar-refractivity contribution is -0.143. The largest absolute Gasteiger partial charge is 0.497 e. The summed E-state index contributed by atoms with van der Waals surface area (Å²) < 4.78 is 11.0. The van der Waals surface area contributed by atoms with Gasteiger partial charge in [-0.15, -0.1) is 0 Å². The van der Waals surface area contributed by atoms with Crippen LogP contribution >= 0.6 is 11.6 Å². The molecule has 0 heterocycles. The highest BCUT2D eigenvalue weighted by Crippen LogP contribution is 2.25. The molecule has 194 valence electrons. The van der Waals surface area contributed by atoms with E-state index in [0.29, 0.717) is 22.9 Å². The Labute approximate surface area is 227 Å². The van der Waals surface area contributed by atoms with Gasteiger partial charge in [0.2, 0.25) is 5.91 Å². The standard InChI is InChI=1S/C31H29ClN2O4/c1-37-27-18-14-23(15-19-27)20-33-31(36)30(25-8-4-2-5-9-25)34(21-24-12-16-26(32)17-13-24)29(35)22-38-28-10-6-3-7-11-28/h2-19,30H,20-22H2,1H3,(H,33,36)/t30-/m0/s1. The lowest BCUT2D eigenvalue weighted by Gasteiger charge is -2.31. The predicted molar refractivity (Wildman–Crippen MR) is 148 cm³/mol. The Balaban J connectivity index is 1.61. The number of benzene rings is 4. The molecule has 0 aliphatic carbocycles. The monoisotopic (exact) mass is 528 g/mol. The van der Waals surface area contributed by atoms with Crippen molar-refractivity contribution in [3.63, 3.8) is 0 Å². The normalized spacial score (nSPS) is 11.3. The fraction of sp³-hybridized carbons (Fsp3) is 0.161. The molecule has 1 N–H and O–H groups in total. The molecule has 7 heteroatoms. The maximum atomic E-state index is 13.7. The lowest BCUT2D eigenvalue weighted by atomic mass is 10.0. The van der Waals surface area contributed by atoms with E-state index in [4.69, 9.17) is 21.1 Å². The number of hydrogen-bond donors (Lipinski definition) is 1. The zero-order chi connectivity index (χ0) is 26.7. The highest BCUT2D eigenvalue weighted by Gasteiger charge is 2.31. The molecule has 0 saturated carbocycles. The summed E-state index contributed by atoms with van der Waals surface area (Å²) in [4.78, 5) is 28.9. The number of nitrogens with one attached hydrogen (secondary N) is 1. The van der Waals surface area contributed by atoms with Crippen molar-refractivity contribution in [2.45, 2.75) is 19.1 Å². The molecule has 0 aromatic heterocycles. The fourth-order valence-corrected chi connectivity index (χ4v) is 4.12. The van der Waals surface area contributed by atoms with Gasteiger partial charge in [-0.3, -0.25) is 9.59 Å². The Morgan fingerprint density at radius 1 is 0.789 bits per heavy atom. The minimum Gasteiger partial charge on any atom is -0.497 e. The molecular formula is C31H29ClN2O4. The van der Waals surface area contributed by atoms with E-state index in [2.05, 4.69) is 5.32 Å². The third-order valence-electron chi connectivity index (χ3n) is 5.99. The van der Waals surface area contributed by atoms with Crippen molar-refractivity contribution in [1.82, 2.24) is 10.2 Å². The maximum Gasteiger partial charge on any atom is 0.261 e. The summed E-state index contributed by atoms with van der Waals surface area (Å²) in [5.74, 6) is 0.694. The van der Waals surface area contributed by atoms with Crippen molar-refractivity contribution in [1.29, 1.82) is 0 Å². The van der Waals surface area contributed by atoms with Crippen LogP contribution in [0.3, 0.4) is 0 Å². The number of carbonyl (C=O) groups excluding carboxylic acids is 2. The first kappa shape index (κ1) is 26.8. The number of para-hydroxylation sites is 1. The van der Waals surface area contributed by atoms with E-state index in [9.17, 15) is 9.59 Å². The van der Waals surface area contributed by atoms with Gasteiger partial charge >= 0.3 is 0 Å². The number of hydrogen-bond acceptors (Lipinski definition) is 4. The Bertz CT molecular complexity index is 1310. The Morgan fingerprint density at radius 2 is 1.39 bits per heavy atom. The van der Waals surface area contributed by atoms with Gasteiger partial charge in [-0.25, -0.2) is 0 Å². The fourth-order valence-electron chi connectivity index (χ4n) is 3.99. The maximum absolute atomic E-state index is 13.7. The molecule has 0 spiro atoms. The molecule has 38 heavy (non-hydrogen) atoms. The topological polar surface area (TPSA) is 67.9 Å². The van der Waals surface area contributed by atoms with Crippen molar-refractivity contribution < 1.29 is 19.1 Å². The van der Waals surface area contributed by atoms with Crippen LogP contribution in [0, 0.1) is 0 Å². The van der Waals surface area contributed by atoms with Gasteiger partial charge in [0, 0.05) is 18.1 Å². The summed E-state index contributed by atoms with van der Waals surface area (Å²) in [6.07, 6.45) is 0. The van der Waals surface area contributed by atoms with Crippen LogP contribution in [0.2, 0.25) is 5.02 Å². The van der Waals surface area contributed by atoms with E-state index in [-0.39, 0.29) is 25.0 Å². The first-order chi connectivity index (χ1) is 18.5. The average Bonchev–Trinajstić information content (AvgIpc) is 2.97. The highest BCUT2D eigenvalue weighted by atomic mass is 35.5. The molecule has 0 aliphatic rings. The zero-order valence-electron chi connectivity index (χ0n) is 21.0.